The first-order chi connectivity index (χ1) is 8.56. The number of aryl methyl sites for hydroxylation is 1. The van der Waals surface area contributed by atoms with Gasteiger partial charge in [-0.15, -0.1) is 11.3 Å². The van der Waals surface area contributed by atoms with Gasteiger partial charge in [0.25, 0.3) is 0 Å². The molecule has 0 unspecified atom stereocenters. The zero-order valence-corrected chi connectivity index (χ0v) is 11.9. The Morgan fingerprint density at radius 1 is 1.56 bits per heavy atom. The van der Waals surface area contributed by atoms with Crippen LogP contribution >= 0.6 is 27.3 Å². The molecule has 0 saturated carbocycles. The average Bonchev–Trinajstić information content (AvgIpc) is 2.71. The minimum Gasteiger partial charge on any atom is -0.477 e. The molecule has 18 heavy (non-hydrogen) atoms. The number of nitrogens with zero attached hydrogens (tertiary/aromatic N) is 2. The highest BCUT2D eigenvalue weighted by molar-refractivity contribution is 9.10. The SMILES string of the molecule is Cc1cc(C(=O)O)nc(NCc2sccc2Br)n1. The van der Waals surface area contributed by atoms with E-state index in [0.29, 0.717) is 18.2 Å². The number of thiophene rings is 1. The highest BCUT2D eigenvalue weighted by atomic mass is 79.9. The second kappa shape index (κ2) is 5.45. The van der Waals surface area contributed by atoms with Crippen molar-refractivity contribution in [1.82, 2.24) is 9.97 Å². The van der Waals surface area contributed by atoms with Crippen molar-refractivity contribution in [2.45, 2.75) is 13.5 Å². The Bertz CT molecular complexity index is 585. The number of aromatic carboxylic acids is 1. The van der Waals surface area contributed by atoms with E-state index in [9.17, 15) is 4.79 Å². The van der Waals surface area contributed by atoms with E-state index in [2.05, 4.69) is 31.2 Å². The van der Waals surface area contributed by atoms with E-state index < -0.39 is 5.97 Å². The maximum absolute atomic E-state index is 10.9. The van der Waals surface area contributed by atoms with Gasteiger partial charge < -0.3 is 10.4 Å². The lowest BCUT2D eigenvalue weighted by Gasteiger charge is -2.05. The van der Waals surface area contributed by atoms with E-state index in [1.165, 1.54) is 6.07 Å². The number of carbonyl (C=O) groups is 1. The molecule has 2 aromatic rings. The molecule has 7 heteroatoms. The summed E-state index contributed by atoms with van der Waals surface area (Å²) in [6.07, 6.45) is 0. The second-order valence-corrected chi connectivity index (χ2v) is 5.42. The highest BCUT2D eigenvalue weighted by Crippen LogP contribution is 2.23. The quantitative estimate of drug-likeness (QED) is 0.903. The fourth-order valence-electron chi connectivity index (χ4n) is 1.37. The Morgan fingerprint density at radius 2 is 2.33 bits per heavy atom. The van der Waals surface area contributed by atoms with Crippen molar-refractivity contribution in [2.24, 2.45) is 0 Å². The Labute approximate surface area is 116 Å². The van der Waals surface area contributed by atoms with E-state index in [1.807, 2.05) is 11.4 Å². The van der Waals surface area contributed by atoms with Crippen LogP contribution in [0.2, 0.25) is 0 Å². The summed E-state index contributed by atoms with van der Waals surface area (Å²) in [6, 6.07) is 3.40. The van der Waals surface area contributed by atoms with Crippen LogP contribution in [0.15, 0.2) is 22.0 Å². The third-order valence-electron chi connectivity index (χ3n) is 2.17. The van der Waals surface area contributed by atoms with Gasteiger partial charge in [0, 0.05) is 15.0 Å². The van der Waals surface area contributed by atoms with Gasteiger partial charge >= 0.3 is 5.97 Å². The molecule has 2 N–H and O–H groups in total. The summed E-state index contributed by atoms with van der Waals surface area (Å²) in [4.78, 5) is 20.1. The van der Waals surface area contributed by atoms with E-state index in [1.54, 1.807) is 18.3 Å². The van der Waals surface area contributed by atoms with Crippen LogP contribution in [-0.4, -0.2) is 21.0 Å². The first-order valence-corrected chi connectivity index (χ1v) is 6.78. The molecule has 2 aromatic heterocycles. The Hall–Kier alpha value is -1.47. The van der Waals surface area contributed by atoms with Crippen LogP contribution in [0.4, 0.5) is 5.95 Å². The summed E-state index contributed by atoms with van der Waals surface area (Å²) in [5, 5.41) is 13.9. The first kappa shape index (κ1) is 13.0. The molecular weight excluding hydrogens is 318 g/mol. The lowest BCUT2D eigenvalue weighted by Crippen LogP contribution is -2.08. The van der Waals surface area contributed by atoms with Crippen LogP contribution in [-0.2, 0) is 6.54 Å². The van der Waals surface area contributed by atoms with E-state index in [0.717, 1.165) is 9.35 Å². The van der Waals surface area contributed by atoms with E-state index in [4.69, 9.17) is 5.11 Å². The van der Waals surface area contributed by atoms with Crippen molar-refractivity contribution in [3.05, 3.63) is 38.3 Å². The average molecular weight is 328 g/mol. The van der Waals surface area contributed by atoms with Gasteiger partial charge in [0.2, 0.25) is 5.95 Å². The predicted octanol–water partition coefficient (Wildman–Crippen LogP) is 2.92. The normalized spacial score (nSPS) is 10.3. The van der Waals surface area contributed by atoms with Gasteiger partial charge in [-0.25, -0.2) is 14.8 Å². The van der Waals surface area contributed by atoms with Crippen molar-refractivity contribution in [1.29, 1.82) is 0 Å². The predicted molar refractivity (Wildman–Crippen MR) is 73.1 cm³/mol. The summed E-state index contributed by atoms with van der Waals surface area (Å²) in [6.45, 7) is 2.29. The highest BCUT2D eigenvalue weighted by Gasteiger charge is 2.09. The topological polar surface area (TPSA) is 75.1 Å². The molecule has 0 bridgehead atoms. The third-order valence-corrected chi connectivity index (χ3v) is 4.10. The number of hydrogen-bond acceptors (Lipinski definition) is 5. The zero-order valence-electron chi connectivity index (χ0n) is 9.48. The minimum atomic E-state index is -1.05. The van der Waals surface area contributed by atoms with Gasteiger partial charge in [-0.05, 0) is 40.4 Å². The van der Waals surface area contributed by atoms with Gasteiger partial charge in [-0.3, -0.25) is 0 Å². The van der Waals surface area contributed by atoms with E-state index >= 15 is 0 Å². The molecule has 0 spiro atoms. The molecule has 0 saturated heterocycles. The molecule has 0 amide bonds. The van der Waals surface area contributed by atoms with Gasteiger partial charge in [0.15, 0.2) is 5.69 Å². The van der Waals surface area contributed by atoms with Gasteiger partial charge in [0.1, 0.15) is 0 Å². The summed E-state index contributed by atoms with van der Waals surface area (Å²) in [5.41, 5.74) is 0.616. The van der Waals surface area contributed by atoms with E-state index in [-0.39, 0.29) is 5.69 Å². The van der Waals surface area contributed by atoms with Crippen molar-refractivity contribution in [3.8, 4) is 0 Å². The van der Waals surface area contributed by atoms with Crippen molar-refractivity contribution < 1.29 is 9.90 Å². The lowest BCUT2D eigenvalue weighted by atomic mass is 10.3. The molecule has 94 valence electrons. The van der Waals surface area contributed by atoms with Crippen molar-refractivity contribution in [2.75, 3.05) is 5.32 Å². The van der Waals surface area contributed by atoms with Crippen LogP contribution in [0.3, 0.4) is 0 Å². The molecule has 0 atom stereocenters. The van der Waals surface area contributed by atoms with Crippen LogP contribution in [0.25, 0.3) is 0 Å². The standard InChI is InChI=1S/C11H10BrN3O2S/c1-6-4-8(10(16)17)15-11(14-6)13-5-9-7(12)2-3-18-9/h2-4H,5H2,1H3,(H,16,17)(H,13,14,15). The van der Waals surface area contributed by atoms with Gasteiger partial charge in [-0.1, -0.05) is 0 Å². The maximum Gasteiger partial charge on any atom is 0.354 e. The molecule has 0 aromatic carbocycles. The second-order valence-electron chi connectivity index (χ2n) is 3.57. The van der Waals surface area contributed by atoms with Crippen LogP contribution in [0.1, 0.15) is 21.1 Å². The zero-order chi connectivity index (χ0) is 13.1. The lowest BCUT2D eigenvalue weighted by molar-refractivity contribution is 0.0690. The molecule has 0 aliphatic rings. The molecule has 2 rings (SSSR count). The Morgan fingerprint density at radius 3 is 2.94 bits per heavy atom. The number of carboxylic acids is 1. The fraction of sp³-hybridized carbons (Fsp3) is 0.182. The van der Waals surface area contributed by atoms with Crippen LogP contribution in [0.5, 0.6) is 0 Å². The Kier molecular flexibility index (Phi) is 3.93. The molecule has 0 fully saturated rings. The minimum absolute atomic E-state index is 0.00440. The number of hydrogen-bond donors (Lipinski definition) is 2. The number of carboxylic acid groups (broad SMARTS) is 1. The first-order valence-electron chi connectivity index (χ1n) is 5.11. The largest absolute Gasteiger partial charge is 0.477 e. The molecule has 2 heterocycles. The van der Waals surface area contributed by atoms with Gasteiger partial charge in [-0.2, -0.15) is 0 Å². The molecule has 0 aliphatic carbocycles. The summed E-state index contributed by atoms with van der Waals surface area (Å²) in [7, 11) is 0. The van der Waals surface area contributed by atoms with Crippen molar-refractivity contribution >= 4 is 39.2 Å². The molecule has 0 aliphatic heterocycles. The monoisotopic (exact) mass is 327 g/mol. The summed E-state index contributed by atoms with van der Waals surface area (Å²) < 4.78 is 1.02. The van der Waals surface area contributed by atoms with Crippen molar-refractivity contribution in [3.63, 3.8) is 0 Å². The van der Waals surface area contributed by atoms with Crippen LogP contribution in [0, 0.1) is 6.92 Å². The molecule has 5 nitrogen and oxygen atoms in total. The molecule has 0 radical (unpaired) electrons. The number of anilines is 1. The number of nitrogens with one attached hydrogen (secondary N) is 1. The Balaban J connectivity index is 2.14. The van der Waals surface area contributed by atoms with Gasteiger partial charge in [0.05, 0.1) is 6.54 Å². The third kappa shape index (κ3) is 3.05. The van der Waals surface area contributed by atoms with Crippen LogP contribution < -0.4 is 5.32 Å². The number of rotatable bonds is 4. The smallest absolute Gasteiger partial charge is 0.354 e. The summed E-state index contributed by atoms with van der Waals surface area (Å²) in [5.74, 6) is -0.728. The number of aromatic nitrogens is 2. The number of halogens is 1. The maximum atomic E-state index is 10.9. The molecular formula is C11H10BrN3O2S. The summed E-state index contributed by atoms with van der Waals surface area (Å²) >= 11 is 5.03. The fourth-order valence-corrected chi connectivity index (χ4v) is 2.80.